The molecule has 20 heavy (non-hydrogen) atoms. The topological polar surface area (TPSA) is 73.1 Å². The maximum Gasteiger partial charge on any atom is 0.303 e. The van der Waals surface area contributed by atoms with Gasteiger partial charge in [0.2, 0.25) is 0 Å². The van der Waals surface area contributed by atoms with Gasteiger partial charge in [0.1, 0.15) is 6.07 Å². The molecule has 2 N–H and O–H groups in total. The molecule has 0 saturated heterocycles. The summed E-state index contributed by atoms with van der Waals surface area (Å²) in [5, 5.41) is 21.5. The maximum absolute atomic E-state index is 11.1. The molecule has 1 aromatic rings. The highest BCUT2D eigenvalue weighted by atomic mass is 16.4. The van der Waals surface area contributed by atoms with E-state index in [0.29, 0.717) is 12.1 Å². The molecule has 2 rings (SSSR count). The predicted octanol–water partition coefficient (Wildman–Crippen LogP) is 3.40. The predicted molar refractivity (Wildman–Crippen MR) is 77.4 cm³/mol. The number of benzene rings is 1. The van der Waals surface area contributed by atoms with Crippen LogP contribution in [0.1, 0.15) is 44.1 Å². The van der Waals surface area contributed by atoms with Gasteiger partial charge in [0.05, 0.1) is 17.7 Å². The minimum atomic E-state index is -0.734. The molecule has 1 saturated carbocycles. The Morgan fingerprint density at radius 1 is 1.30 bits per heavy atom. The molecule has 0 radical (unpaired) electrons. The van der Waals surface area contributed by atoms with Gasteiger partial charge in [0, 0.05) is 6.54 Å². The Labute approximate surface area is 119 Å². The first-order valence-electron chi connectivity index (χ1n) is 7.10. The molecule has 0 atom stereocenters. The first-order valence-corrected chi connectivity index (χ1v) is 7.10. The van der Waals surface area contributed by atoms with Gasteiger partial charge < -0.3 is 10.4 Å². The number of hydrogen-bond acceptors (Lipinski definition) is 3. The van der Waals surface area contributed by atoms with Crippen molar-refractivity contribution >= 4 is 11.7 Å². The van der Waals surface area contributed by atoms with Crippen LogP contribution in [-0.4, -0.2) is 17.6 Å². The summed E-state index contributed by atoms with van der Waals surface area (Å²) in [4.78, 5) is 11.1. The van der Waals surface area contributed by atoms with Gasteiger partial charge in [-0.2, -0.15) is 5.26 Å². The van der Waals surface area contributed by atoms with Crippen molar-refractivity contribution in [2.45, 2.75) is 38.5 Å². The Hall–Kier alpha value is -2.02. The summed E-state index contributed by atoms with van der Waals surface area (Å²) in [6.07, 6.45) is 5.47. The number of hydrogen-bond donors (Lipinski definition) is 2. The van der Waals surface area contributed by atoms with Crippen LogP contribution in [0, 0.1) is 16.7 Å². The van der Waals surface area contributed by atoms with Gasteiger partial charge in [0.15, 0.2) is 0 Å². The molecule has 4 heteroatoms. The fourth-order valence-corrected chi connectivity index (χ4v) is 3.06. The van der Waals surface area contributed by atoms with Crippen LogP contribution in [-0.2, 0) is 4.79 Å². The summed E-state index contributed by atoms with van der Waals surface area (Å²) in [6, 6.07) is 9.51. The molecule has 0 unspecified atom stereocenters. The zero-order valence-electron chi connectivity index (χ0n) is 11.6. The van der Waals surface area contributed by atoms with Crippen molar-refractivity contribution in [3.05, 3.63) is 29.8 Å². The summed E-state index contributed by atoms with van der Waals surface area (Å²) >= 11 is 0. The van der Waals surface area contributed by atoms with E-state index >= 15 is 0 Å². The second-order valence-electron chi connectivity index (χ2n) is 5.64. The number of nitrogens with one attached hydrogen (secondary N) is 1. The van der Waals surface area contributed by atoms with Crippen molar-refractivity contribution in [1.29, 1.82) is 5.26 Å². The molecule has 0 bridgehead atoms. The molecule has 0 amide bonds. The highest BCUT2D eigenvalue weighted by molar-refractivity contribution is 5.68. The van der Waals surface area contributed by atoms with E-state index in [2.05, 4.69) is 11.4 Å². The van der Waals surface area contributed by atoms with Crippen LogP contribution in [0.4, 0.5) is 5.69 Å². The van der Waals surface area contributed by atoms with Crippen LogP contribution in [0.2, 0.25) is 0 Å². The van der Waals surface area contributed by atoms with Crippen LogP contribution in [0.3, 0.4) is 0 Å². The Kier molecular flexibility index (Phi) is 4.62. The Morgan fingerprint density at radius 2 is 2.00 bits per heavy atom. The Bertz CT molecular complexity index is 513. The van der Waals surface area contributed by atoms with Gasteiger partial charge in [-0.05, 0) is 30.4 Å². The number of aliphatic carboxylic acids is 1. The molecule has 1 fully saturated rings. The minimum Gasteiger partial charge on any atom is -0.481 e. The number of anilines is 1. The van der Waals surface area contributed by atoms with Crippen molar-refractivity contribution in [3.63, 3.8) is 0 Å². The van der Waals surface area contributed by atoms with E-state index < -0.39 is 5.97 Å². The zero-order chi connectivity index (χ0) is 14.4. The molecular formula is C16H20N2O2. The molecule has 0 spiro atoms. The smallest absolute Gasteiger partial charge is 0.303 e. The van der Waals surface area contributed by atoms with E-state index in [0.717, 1.165) is 31.4 Å². The largest absolute Gasteiger partial charge is 0.481 e. The highest BCUT2D eigenvalue weighted by Crippen LogP contribution is 2.39. The molecule has 0 aliphatic heterocycles. The molecule has 4 nitrogen and oxygen atoms in total. The van der Waals surface area contributed by atoms with Gasteiger partial charge >= 0.3 is 5.97 Å². The number of carbonyl (C=O) groups is 1. The van der Waals surface area contributed by atoms with Gasteiger partial charge in [-0.1, -0.05) is 31.4 Å². The van der Waals surface area contributed by atoms with Crippen LogP contribution < -0.4 is 5.32 Å². The fraction of sp³-hybridized carbons (Fsp3) is 0.500. The monoisotopic (exact) mass is 272 g/mol. The van der Waals surface area contributed by atoms with E-state index in [-0.39, 0.29) is 11.8 Å². The third-order valence-corrected chi connectivity index (χ3v) is 4.14. The number of para-hydroxylation sites is 1. The van der Waals surface area contributed by atoms with Crippen molar-refractivity contribution in [2.24, 2.45) is 5.41 Å². The number of rotatable bonds is 5. The zero-order valence-corrected chi connectivity index (χ0v) is 11.6. The lowest BCUT2D eigenvalue weighted by molar-refractivity contribution is -0.140. The van der Waals surface area contributed by atoms with E-state index in [1.54, 1.807) is 6.07 Å². The quantitative estimate of drug-likeness (QED) is 0.861. The minimum absolute atomic E-state index is 0.174. The SMILES string of the molecule is N#Cc1ccccc1NCC1(CC(=O)O)CCCCC1. The van der Waals surface area contributed by atoms with Crippen LogP contribution in [0.15, 0.2) is 24.3 Å². The summed E-state index contributed by atoms with van der Waals surface area (Å²) in [5.41, 5.74) is 1.23. The third-order valence-electron chi connectivity index (χ3n) is 4.14. The van der Waals surface area contributed by atoms with Crippen molar-refractivity contribution in [3.8, 4) is 6.07 Å². The summed E-state index contributed by atoms with van der Waals surface area (Å²) in [6.45, 7) is 0.623. The van der Waals surface area contributed by atoms with Crippen molar-refractivity contribution in [2.75, 3.05) is 11.9 Å². The summed E-state index contributed by atoms with van der Waals surface area (Å²) in [5.74, 6) is -0.734. The maximum atomic E-state index is 11.1. The fourth-order valence-electron chi connectivity index (χ4n) is 3.06. The standard InChI is InChI=1S/C16H20N2O2/c17-11-13-6-2-3-7-14(13)18-12-16(10-15(19)20)8-4-1-5-9-16/h2-3,6-7,18H,1,4-5,8-10,12H2,(H,19,20). The second-order valence-corrected chi connectivity index (χ2v) is 5.64. The number of nitriles is 1. The second kappa shape index (κ2) is 6.42. The molecule has 1 aliphatic carbocycles. The van der Waals surface area contributed by atoms with E-state index in [1.165, 1.54) is 6.42 Å². The molecule has 1 aliphatic rings. The number of carboxylic acids is 1. The molecule has 1 aromatic carbocycles. The van der Waals surface area contributed by atoms with Crippen LogP contribution >= 0.6 is 0 Å². The lowest BCUT2D eigenvalue weighted by Gasteiger charge is -2.36. The normalized spacial score (nSPS) is 17.1. The first-order chi connectivity index (χ1) is 9.65. The van der Waals surface area contributed by atoms with Crippen LogP contribution in [0.25, 0.3) is 0 Å². The van der Waals surface area contributed by atoms with Crippen molar-refractivity contribution in [1.82, 2.24) is 0 Å². The third kappa shape index (κ3) is 3.51. The average molecular weight is 272 g/mol. The lowest BCUT2D eigenvalue weighted by atomic mass is 9.71. The average Bonchev–Trinajstić information content (AvgIpc) is 2.46. The molecule has 0 aromatic heterocycles. The molecular weight excluding hydrogens is 252 g/mol. The van der Waals surface area contributed by atoms with Gasteiger partial charge in [-0.15, -0.1) is 0 Å². The summed E-state index contributed by atoms with van der Waals surface area (Å²) < 4.78 is 0. The molecule has 106 valence electrons. The van der Waals surface area contributed by atoms with E-state index in [1.807, 2.05) is 18.2 Å². The first kappa shape index (κ1) is 14.4. The van der Waals surface area contributed by atoms with Crippen LogP contribution in [0.5, 0.6) is 0 Å². The highest BCUT2D eigenvalue weighted by Gasteiger charge is 2.34. The van der Waals surface area contributed by atoms with E-state index in [9.17, 15) is 4.79 Å². The van der Waals surface area contributed by atoms with Crippen molar-refractivity contribution < 1.29 is 9.90 Å². The van der Waals surface area contributed by atoms with Gasteiger partial charge in [0.25, 0.3) is 0 Å². The number of nitrogens with zero attached hydrogens (tertiary/aromatic N) is 1. The van der Waals surface area contributed by atoms with E-state index in [4.69, 9.17) is 10.4 Å². The van der Waals surface area contributed by atoms with Gasteiger partial charge in [-0.25, -0.2) is 0 Å². The summed E-state index contributed by atoms with van der Waals surface area (Å²) in [7, 11) is 0. The Balaban J connectivity index is 2.09. The Morgan fingerprint density at radius 3 is 2.65 bits per heavy atom. The molecule has 0 heterocycles. The lowest BCUT2D eigenvalue weighted by Crippen LogP contribution is -2.34. The van der Waals surface area contributed by atoms with Gasteiger partial charge in [-0.3, -0.25) is 4.79 Å². The number of carboxylic acid groups (broad SMARTS) is 1.